The van der Waals surface area contributed by atoms with E-state index < -0.39 is 0 Å². The number of carbonyl (C=O) groups excluding carboxylic acids is 1. The fraction of sp³-hybridized carbons (Fsp3) is 0.545. The lowest BCUT2D eigenvalue weighted by atomic mass is 10.2. The van der Waals surface area contributed by atoms with Gasteiger partial charge < -0.3 is 4.57 Å². The molecule has 0 aliphatic carbocycles. The molecule has 3 nitrogen and oxygen atoms in total. The van der Waals surface area contributed by atoms with E-state index in [1.165, 1.54) is 0 Å². The first kappa shape index (κ1) is 11.0. The number of hydrogen-bond donors (Lipinski definition) is 0. The standard InChI is InChI=1S/C11H18N2O/c1-4-13(5-2)9-11(14)10-7-6-8-12(10)3/h6-8H,4-5,9H2,1-3H3. The van der Waals surface area contributed by atoms with E-state index in [0.29, 0.717) is 6.54 Å². The molecule has 1 heterocycles. The lowest BCUT2D eigenvalue weighted by Crippen LogP contribution is -2.30. The van der Waals surface area contributed by atoms with E-state index in [1.54, 1.807) is 0 Å². The van der Waals surface area contributed by atoms with E-state index in [4.69, 9.17) is 0 Å². The first-order chi connectivity index (χ1) is 6.69. The molecule has 14 heavy (non-hydrogen) atoms. The van der Waals surface area contributed by atoms with Crippen molar-refractivity contribution in [2.75, 3.05) is 19.6 Å². The molecule has 0 fully saturated rings. The average Bonchev–Trinajstić information content (AvgIpc) is 2.60. The minimum atomic E-state index is 0.196. The summed E-state index contributed by atoms with van der Waals surface area (Å²) in [5.41, 5.74) is 0.789. The number of carbonyl (C=O) groups is 1. The second-order valence-corrected chi connectivity index (χ2v) is 3.39. The summed E-state index contributed by atoms with van der Waals surface area (Å²) < 4.78 is 1.87. The van der Waals surface area contributed by atoms with Crippen molar-refractivity contribution in [1.82, 2.24) is 9.47 Å². The van der Waals surface area contributed by atoms with E-state index in [0.717, 1.165) is 18.8 Å². The minimum Gasteiger partial charge on any atom is -0.348 e. The number of rotatable bonds is 5. The van der Waals surface area contributed by atoms with Crippen molar-refractivity contribution in [2.45, 2.75) is 13.8 Å². The minimum absolute atomic E-state index is 0.196. The van der Waals surface area contributed by atoms with Gasteiger partial charge in [-0.05, 0) is 25.2 Å². The van der Waals surface area contributed by atoms with Gasteiger partial charge in [-0.25, -0.2) is 0 Å². The van der Waals surface area contributed by atoms with Crippen LogP contribution in [0.3, 0.4) is 0 Å². The maximum Gasteiger partial charge on any atom is 0.193 e. The van der Waals surface area contributed by atoms with Crippen molar-refractivity contribution in [2.24, 2.45) is 7.05 Å². The van der Waals surface area contributed by atoms with Crippen LogP contribution in [-0.4, -0.2) is 34.9 Å². The van der Waals surface area contributed by atoms with Gasteiger partial charge in [-0.3, -0.25) is 9.69 Å². The molecule has 3 heteroatoms. The molecule has 0 aliphatic heterocycles. The Bertz CT molecular complexity index is 300. The van der Waals surface area contributed by atoms with Crippen LogP contribution in [0.1, 0.15) is 24.3 Å². The van der Waals surface area contributed by atoms with Crippen molar-refractivity contribution in [3.05, 3.63) is 24.0 Å². The molecule has 0 amide bonds. The Hall–Kier alpha value is -1.09. The van der Waals surface area contributed by atoms with Gasteiger partial charge in [0.05, 0.1) is 12.2 Å². The number of Topliss-reactive ketones (excluding diaryl/α,β-unsaturated/α-hetero) is 1. The summed E-state index contributed by atoms with van der Waals surface area (Å²) in [6, 6.07) is 3.77. The third kappa shape index (κ3) is 2.45. The van der Waals surface area contributed by atoms with Crippen molar-refractivity contribution in [3.8, 4) is 0 Å². The fourth-order valence-electron chi connectivity index (χ4n) is 1.48. The van der Waals surface area contributed by atoms with E-state index in [-0.39, 0.29) is 5.78 Å². The first-order valence-corrected chi connectivity index (χ1v) is 5.05. The Labute approximate surface area is 85.3 Å². The number of hydrogen-bond acceptors (Lipinski definition) is 2. The second-order valence-electron chi connectivity index (χ2n) is 3.39. The molecular formula is C11H18N2O. The van der Waals surface area contributed by atoms with Crippen LogP contribution in [0.4, 0.5) is 0 Å². The van der Waals surface area contributed by atoms with Crippen molar-refractivity contribution < 1.29 is 4.79 Å². The Morgan fingerprint density at radius 2 is 2.07 bits per heavy atom. The summed E-state index contributed by atoms with van der Waals surface area (Å²) in [6.07, 6.45) is 1.90. The molecule has 1 aromatic rings. The summed E-state index contributed by atoms with van der Waals surface area (Å²) in [4.78, 5) is 13.9. The molecule has 0 unspecified atom stereocenters. The van der Waals surface area contributed by atoms with Crippen LogP contribution in [0.5, 0.6) is 0 Å². The molecule has 0 saturated heterocycles. The van der Waals surface area contributed by atoms with Crippen molar-refractivity contribution in [3.63, 3.8) is 0 Å². The van der Waals surface area contributed by atoms with Gasteiger partial charge in [0.2, 0.25) is 0 Å². The zero-order valence-corrected chi connectivity index (χ0v) is 9.16. The largest absolute Gasteiger partial charge is 0.348 e. The van der Waals surface area contributed by atoms with E-state index in [2.05, 4.69) is 18.7 Å². The number of aryl methyl sites for hydroxylation is 1. The third-order valence-electron chi connectivity index (χ3n) is 2.49. The van der Waals surface area contributed by atoms with Crippen LogP contribution in [0.25, 0.3) is 0 Å². The van der Waals surface area contributed by atoms with Gasteiger partial charge in [-0.15, -0.1) is 0 Å². The van der Waals surface area contributed by atoms with Crippen molar-refractivity contribution in [1.29, 1.82) is 0 Å². The van der Waals surface area contributed by atoms with Crippen LogP contribution in [0.2, 0.25) is 0 Å². The maximum atomic E-state index is 11.8. The first-order valence-electron chi connectivity index (χ1n) is 5.05. The van der Waals surface area contributed by atoms with Crippen molar-refractivity contribution >= 4 is 5.78 Å². The highest BCUT2D eigenvalue weighted by molar-refractivity contribution is 5.96. The van der Waals surface area contributed by atoms with Gasteiger partial charge in [0.15, 0.2) is 5.78 Å². The Morgan fingerprint density at radius 3 is 2.50 bits per heavy atom. The average molecular weight is 194 g/mol. The molecule has 0 spiro atoms. The number of nitrogens with zero attached hydrogens (tertiary/aromatic N) is 2. The summed E-state index contributed by atoms with van der Waals surface area (Å²) in [7, 11) is 1.90. The predicted molar refractivity (Wildman–Crippen MR) is 57.5 cm³/mol. The molecule has 0 radical (unpaired) electrons. The SMILES string of the molecule is CCN(CC)CC(=O)c1cccn1C. The van der Waals surface area contributed by atoms with Gasteiger partial charge in [-0.2, -0.15) is 0 Å². The smallest absolute Gasteiger partial charge is 0.193 e. The second kappa shape index (κ2) is 4.96. The van der Waals surface area contributed by atoms with Crippen LogP contribution in [0, 0.1) is 0 Å². The summed E-state index contributed by atoms with van der Waals surface area (Å²) in [5, 5.41) is 0. The Balaban J connectivity index is 2.63. The summed E-state index contributed by atoms with van der Waals surface area (Å²) >= 11 is 0. The van der Waals surface area contributed by atoms with Gasteiger partial charge >= 0.3 is 0 Å². The molecule has 0 N–H and O–H groups in total. The molecule has 0 aromatic carbocycles. The van der Waals surface area contributed by atoms with E-state index in [9.17, 15) is 4.79 Å². The molecule has 78 valence electrons. The zero-order chi connectivity index (χ0) is 10.6. The lowest BCUT2D eigenvalue weighted by molar-refractivity contribution is 0.0929. The normalized spacial score (nSPS) is 10.9. The molecule has 1 rings (SSSR count). The van der Waals surface area contributed by atoms with Crippen LogP contribution >= 0.6 is 0 Å². The highest BCUT2D eigenvalue weighted by Crippen LogP contribution is 2.02. The van der Waals surface area contributed by atoms with E-state index in [1.807, 2.05) is 29.9 Å². The van der Waals surface area contributed by atoms with Crippen LogP contribution in [0.15, 0.2) is 18.3 Å². The Kier molecular flexibility index (Phi) is 3.89. The highest BCUT2D eigenvalue weighted by Gasteiger charge is 2.11. The molecule has 1 aromatic heterocycles. The lowest BCUT2D eigenvalue weighted by Gasteiger charge is -2.16. The fourth-order valence-corrected chi connectivity index (χ4v) is 1.48. The van der Waals surface area contributed by atoms with Gasteiger partial charge in [0.1, 0.15) is 0 Å². The predicted octanol–water partition coefficient (Wildman–Crippen LogP) is 1.55. The topological polar surface area (TPSA) is 25.2 Å². The van der Waals surface area contributed by atoms with Crippen LogP contribution in [-0.2, 0) is 7.05 Å². The number of ketones is 1. The molecule has 0 atom stereocenters. The quantitative estimate of drug-likeness (QED) is 0.664. The third-order valence-corrected chi connectivity index (χ3v) is 2.49. The van der Waals surface area contributed by atoms with Gasteiger partial charge in [-0.1, -0.05) is 13.8 Å². The van der Waals surface area contributed by atoms with Crippen LogP contribution < -0.4 is 0 Å². The maximum absolute atomic E-state index is 11.8. The number of likely N-dealkylation sites (N-methyl/N-ethyl adjacent to an activating group) is 1. The van der Waals surface area contributed by atoms with Gasteiger partial charge in [0, 0.05) is 13.2 Å². The zero-order valence-electron chi connectivity index (χ0n) is 9.16. The summed E-state index contributed by atoms with van der Waals surface area (Å²) in [6.45, 7) is 6.51. The molecule has 0 aliphatic rings. The Morgan fingerprint density at radius 1 is 1.43 bits per heavy atom. The van der Waals surface area contributed by atoms with E-state index >= 15 is 0 Å². The molecule has 0 saturated carbocycles. The molecule has 0 bridgehead atoms. The highest BCUT2D eigenvalue weighted by atomic mass is 16.1. The summed E-state index contributed by atoms with van der Waals surface area (Å²) in [5.74, 6) is 0.196. The monoisotopic (exact) mass is 194 g/mol. The number of aromatic nitrogens is 1. The van der Waals surface area contributed by atoms with Gasteiger partial charge in [0.25, 0.3) is 0 Å². The molecular weight excluding hydrogens is 176 g/mol.